The molecule has 5 rings (SSSR count). The van der Waals surface area contributed by atoms with Gasteiger partial charge in [0.05, 0.1) is 19.3 Å². The standard InChI is InChI=1S/C23H29N5O3/c1-15-12-27(13-16-3-5-18(30-2)6-4-16)14-20(15)21-25-22-19(23(29)26-21)11-24-28(22)17-7-9-31-10-8-17/h3-6,11,15,17,20H,7-10,12-14H2,1-2H3,(H,25,26,29)/t15-,20-/m1/s1. The molecule has 2 atom stereocenters. The first-order valence-corrected chi connectivity index (χ1v) is 11.0. The normalized spacial score (nSPS) is 22.9. The number of nitrogens with zero attached hydrogens (tertiary/aromatic N) is 4. The van der Waals surface area contributed by atoms with Crippen molar-refractivity contribution in [1.29, 1.82) is 0 Å². The highest BCUT2D eigenvalue weighted by atomic mass is 16.5. The number of aromatic nitrogens is 4. The Labute approximate surface area is 181 Å². The summed E-state index contributed by atoms with van der Waals surface area (Å²) in [5, 5.41) is 5.08. The molecular weight excluding hydrogens is 394 g/mol. The number of aromatic amines is 1. The van der Waals surface area contributed by atoms with Crippen LogP contribution < -0.4 is 10.3 Å². The molecule has 1 aromatic carbocycles. The second kappa shape index (κ2) is 8.43. The summed E-state index contributed by atoms with van der Waals surface area (Å²) < 4.78 is 12.7. The number of ether oxygens (including phenoxy) is 2. The molecular formula is C23H29N5O3. The Morgan fingerprint density at radius 3 is 2.71 bits per heavy atom. The molecule has 0 unspecified atom stereocenters. The van der Waals surface area contributed by atoms with E-state index in [1.54, 1.807) is 13.3 Å². The van der Waals surface area contributed by atoms with Crippen LogP contribution in [0.3, 0.4) is 0 Å². The zero-order valence-electron chi connectivity index (χ0n) is 18.1. The smallest absolute Gasteiger partial charge is 0.262 e. The van der Waals surface area contributed by atoms with Crippen LogP contribution in [-0.2, 0) is 11.3 Å². The maximum absolute atomic E-state index is 12.8. The molecule has 0 amide bonds. The van der Waals surface area contributed by atoms with Gasteiger partial charge in [0.15, 0.2) is 5.65 Å². The molecule has 0 spiro atoms. The van der Waals surface area contributed by atoms with Gasteiger partial charge in [0.25, 0.3) is 5.56 Å². The molecule has 4 heterocycles. The highest BCUT2D eigenvalue weighted by molar-refractivity contribution is 5.73. The minimum absolute atomic E-state index is 0.0980. The third-order valence-electron chi connectivity index (χ3n) is 6.62. The molecule has 2 saturated heterocycles. The van der Waals surface area contributed by atoms with E-state index < -0.39 is 0 Å². The van der Waals surface area contributed by atoms with E-state index in [1.807, 2.05) is 16.8 Å². The van der Waals surface area contributed by atoms with Gasteiger partial charge in [-0.05, 0) is 36.5 Å². The van der Waals surface area contributed by atoms with E-state index in [0.29, 0.717) is 17.0 Å². The molecule has 2 aliphatic rings. The van der Waals surface area contributed by atoms with Crippen molar-refractivity contribution < 1.29 is 9.47 Å². The van der Waals surface area contributed by atoms with Crippen LogP contribution in [0.5, 0.6) is 5.75 Å². The minimum atomic E-state index is -0.0980. The van der Waals surface area contributed by atoms with Gasteiger partial charge in [0.2, 0.25) is 0 Å². The van der Waals surface area contributed by atoms with Crippen molar-refractivity contribution in [3.05, 3.63) is 52.2 Å². The second-order valence-electron chi connectivity index (χ2n) is 8.75. The molecule has 31 heavy (non-hydrogen) atoms. The molecule has 2 fully saturated rings. The van der Waals surface area contributed by atoms with Crippen molar-refractivity contribution in [3.8, 4) is 5.75 Å². The lowest BCUT2D eigenvalue weighted by atomic mass is 9.97. The monoisotopic (exact) mass is 423 g/mol. The Balaban J connectivity index is 1.38. The number of nitrogens with one attached hydrogen (secondary N) is 1. The fraction of sp³-hybridized carbons (Fsp3) is 0.522. The predicted octanol–water partition coefficient (Wildman–Crippen LogP) is 2.72. The quantitative estimate of drug-likeness (QED) is 0.679. The van der Waals surface area contributed by atoms with Crippen molar-refractivity contribution in [2.45, 2.75) is 38.3 Å². The first kappa shape index (κ1) is 20.2. The van der Waals surface area contributed by atoms with Gasteiger partial charge >= 0.3 is 0 Å². The SMILES string of the molecule is COc1ccc(CN2C[C@@H](C)[C@H](c3nc4c(cnn4C4CCOCC4)c(=O)[nH]3)C2)cc1. The van der Waals surface area contributed by atoms with Gasteiger partial charge < -0.3 is 14.5 Å². The summed E-state index contributed by atoms with van der Waals surface area (Å²) in [5.74, 6) is 2.23. The van der Waals surface area contributed by atoms with Crippen molar-refractivity contribution in [3.63, 3.8) is 0 Å². The van der Waals surface area contributed by atoms with Gasteiger partial charge in [-0.1, -0.05) is 19.1 Å². The Kier molecular flexibility index (Phi) is 5.50. The number of hydrogen-bond acceptors (Lipinski definition) is 6. The van der Waals surface area contributed by atoms with Crippen LogP contribution in [0.25, 0.3) is 11.0 Å². The van der Waals surface area contributed by atoms with E-state index in [1.165, 1.54) is 5.56 Å². The van der Waals surface area contributed by atoms with E-state index in [9.17, 15) is 4.79 Å². The van der Waals surface area contributed by atoms with Gasteiger partial charge in [0.1, 0.15) is 17.0 Å². The lowest BCUT2D eigenvalue weighted by Gasteiger charge is -2.23. The Hall–Kier alpha value is -2.71. The summed E-state index contributed by atoms with van der Waals surface area (Å²) in [4.78, 5) is 23.2. The summed E-state index contributed by atoms with van der Waals surface area (Å²) in [7, 11) is 1.68. The molecule has 0 aliphatic carbocycles. The van der Waals surface area contributed by atoms with Crippen molar-refractivity contribution in [2.75, 3.05) is 33.4 Å². The molecule has 2 aromatic heterocycles. The Morgan fingerprint density at radius 2 is 1.97 bits per heavy atom. The third-order valence-corrected chi connectivity index (χ3v) is 6.62. The Morgan fingerprint density at radius 1 is 1.19 bits per heavy atom. The topological polar surface area (TPSA) is 85.3 Å². The molecule has 1 N–H and O–H groups in total. The summed E-state index contributed by atoms with van der Waals surface area (Å²) in [6, 6.07) is 8.44. The summed E-state index contributed by atoms with van der Waals surface area (Å²) in [5.41, 5.74) is 1.86. The molecule has 0 bridgehead atoms. The van der Waals surface area contributed by atoms with Crippen LogP contribution >= 0.6 is 0 Å². The predicted molar refractivity (Wildman–Crippen MR) is 117 cm³/mol. The number of fused-ring (bicyclic) bond motifs is 1. The Bertz CT molecular complexity index is 1100. The zero-order valence-corrected chi connectivity index (χ0v) is 18.1. The summed E-state index contributed by atoms with van der Waals surface area (Å²) >= 11 is 0. The average molecular weight is 424 g/mol. The van der Waals surface area contributed by atoms with Gasteiger partial charge in [0, 0.05) is 38.8 Å². The van der Waals surface area contributed by atoms with E-state index in [2.05, 4.69) is 34.0 Å². The van der Waals surface area contributed by atoms with Crippen molar-refractivity contribution in [2.24, 2.45) is 5.92 Å². The van der Waals surface area contributed by atoms with Gasteiger partial charge in [-0.3, -0.25) is 9.69 Å². The lowest BCUT2D eigenvalue weighted by molar-refractivity contribution is 0.0673. The van der Waals surface area contributed by atoms with Crippen LogP contribution in [0.15, 0.2) is 35.3 Å². The van der Waals surface area contributed by atoms with Crippen LogP contribution in [0, 0.1) is 5.92 Å². The largest absolute Gasteiger partial charge is 0.497 e. The molecule has 3 aromatic rings. The number of hydrogen-bond donors (Lipinski definition) is 1. The number of methoxy groups -OCH3 is 1. The van der Waals surface area contributed by atoms with Crippen molar-refractivity contribution in [1.82, 2.24) is 24.6 Å². The third kappa shape index (κ3) is 3.97. The first-order chi connectivity index (χ1) is 15.1. The highest BCUT2D eigenvalue weighted by Crippen LogP contribution is 2.32. The molecule has 164 valence electrons. The minimum Gasteiger partial charge on any atom is -0.497 e. The average Bonchev–Trinajstić information content (AvgIpc) is 3.38. The second-order valence-corrected chi connectivity index (χ2v) is 8.75. The molecule has 8 heteroatoms. The molecule has 8 nitrogen and oxygen atoms in total. The fourth-order valence-electron chi connectivity index (χ4n) is 4.87. The number of likely N-dealkylation sites (tertiary alicyclic amines) is 1. The van der Waals surface area contributed by atoms with Crippen LogP contribution in [0.1, 0.15) is 43.1 Å². The number of H-pyrrole nitrogens is 1. The zero-order chi connectivity index (χ0) is 21.4. The number of rotatable bonds is 5. The van der Waals surface area contributed by atoms with Crippen LogP contribution in [0.4, 0.5) is 0 Å². The summed E-state index contributed by atoms with van der Waals surface area (Å²) in [6.07, 6.45) is 3.45. The van der Waals surface area contributed by atoms with Gasteiger partial charge in [-0.15, -0.1) is 0 Å². The van der Waals surface area contributed by atoms with Crippen LogP contribution in [-0.4, -0.2) is 58.1 Å². The van der Waals surface area contributed by atoms with Gasteiger partial charge in [-0.2, -0.15) is 5.10 Å². The molecule has 2 aliphatic heterocycles. The molecule has 0 radical (unpaired) electrons. The highest BCUT2D eigenvalue weighted by Gasteiger charge is 2.33. The lowest BCUT2D eigenvalue weighted by Crippen LogP contribution is -2.23. The first-order valence-electron chi connectivity index (χ1n) is 11.0. The van der Waals surface area contributed by atoms with E-state index in [0.717, 1.165) is 57.3 Å². The summed E-state index contributed by atoms with van der Waals surface area (Å²) in [6.45, 7) is 6.39. The van der Waals surface area contributed by atoms with Crippen molar-refractivity contribution >= 4 is 11.0 Å². The van der Waals surface area contributed by atoms with Crippen LogP contribution in [0.2, 0.25) is 0 Å². The van der Waals surface area contributed by atoms with Gasteiger partial charge in [-0.25, -0.2) is 9.67 Å². The maximum atomic E-state index is 12.8. The van der Waals surface area contributed by atoms with E-state index in [4.69, 9.17) is 14.5 Å². The van der Waals surface area contributed by atoms with E-state index in [-0.39, 0.29) is 17.5 Å². The fourth-order valence-corrected chi connectivity index (χ4v) is 4.87. The van der Waals surface area contributed by atoms with E-state index >= 15 is 0 Å². The molecule has 0 saturated carbocycles. The number of benzene rings is 1. The maximum Gasteiger partial charge on any atom is 0.262 e.